The van der Waals surface area contributed by atoms with Gasteiger partial charge in [0.05, 0.1) is 29.7 Å². The molecule has 0 radical (unpaired) electrons. The van der Waals surface area contributed by atoms with Crippen molar-refractivity contribution in [3.05, 3.63) is 29.8 Å². The highest BCUT2D eigenvalue weighted by molar-refractivity contribution is 6.22. The zero-order valence-corrected chi connectivity index (χ0v) is 13.0. The maximum Gasteiger partial charge on any atom is 0.338 e. The van der Waals surface area contributed by atoms with Gasteiger partial charge in [-0.2, -0.15) is 0 Å². The quantitative estimate of drug-likeness (QED) is 0.635. The number of rotatable bonds is 3. The molecule has 1 heterocycles. The summed E-state index contributed by atoms with van der Waals surface area (Å²) in [5, 5.41) is 0. The Bertz CT molecular complexity index is 670. The molecule has 3 aliphatic rings. The Hall–Kier alpha value is -2.17. The molecule has 1 aromatic carbocycles. The standard InChI is InChI=1S/C18H19NO4/c1-2-23-18(22)12-4-3-5-13(9-12)19-16(20)14-10-6-7-11(8-10)15(14)17(19)21/h3-5,9-11,14-15H,2,6-8H2,1H3/t10-,11+,14-,15-/m0/s1. The monoisotopic (exact) mass is 313 g/mol. The molecule has 2 bridgehead atoms. The largest absolute Gasteiger partial charge is 0.462 e. The number of nitrogens with zero attached hydrogens (tertiary/aromatic N) is 1. The number of amides is 2. The molecule has 1 aromatic rings. The molecule has 23 heavy (non-hydrogen) atoms. The second-order valence-corrected chi connectivity index (χ2v) is 6.67. The van der Waals surface area contributed by atoms with Crippen molar-refractivity contribution in [1.82, 2.24) is 0 Å². The van der Waals surface area contributed by atoms with E-state index in [1.165, 1.54) is 4.90 Å². The van der Waals surface area contributed by atoms with Crippen LogP contribution >= 0.6 is 0 Å². The molecule has 2 amide bonds. The van der Waals surface area contributed by atoms with Gasteiger partial charge in [0.25, 0.3) is 0 Å². The van der Waals surface area contributed by atoms with Gasteiger partial charge in [0.1, 0.15) is 0 Å². The van der Waals surface area contributed by atoms with Gasteiger partial charge >= 0.3 is 5.97 Å². The van der Waals surface area contributed by atoms with E-state index in [-0.39, 0.29) is 30.3 Å². The molecule has 0 spiro atoms. The molecule has 0 unspecified atom stereocenters. The third-order valence-corrected chi connectivity index (χ3v) is 5.54. The summed E-state index contributed by atoms with van der Waals surface area (Å²) in [5.74, 6) is -0.186. The molecule has 5 heteroatoms. The van der Waals surface area contributed by atoms with Gasteiger partial charge < -0.3 is 4.74 Å². The van der Waals surface area contributed by atoms with Crippen LogP contribution in [-0.4, -0.2) is 24.4 Å². The highest BCUT2D eigenvalue weighted by Crippen LogP contribution is 2.56. The lowest BCUT2D eigenvalue weighted by atomic mass is 9.81. The molecular formula is C18H19NO4. The summed E-state index contributed by atoms with van der Waals surface area (Å²) < 4.78 is 4.99. The Morgan fingerprint density at radius 1 is 1.17 bits per heavy atom. The molecule has 5 nitrogen and oxygen atoms in total. The van der Waals surface area contributed by atoms with E-state index in [1.807, 2.05) is 0 Å². The first kappa shape index (κ1) is 14.4. The number of benzene rings is 1. The zero-order chi connectivity index (χ0) is 16.1. The Balaban J connectivity index is 1.66. The minimum absolute atomic E-state index is 0.0896. The SMILES string of the molecule is CCOC(=O)c1cccc(N2C(=O)[C@H]3[C@@H]4CC[C@@H](C4)[C@@H]3C2=O)c1. The number of hydrogen-bond acceptors (Lipinski definition) is 4. The van der Waals surface area contributed by atoms with Crippen LogP contribution in [0.1, 0.15) is 36.5 Å². The Morgan fingerprint density at radius 2 is 1.83 bits per heavy atom. The summed E-state index contributed by atoms with van der Waals surface area (Å²) in [7, 11) is 0. The van der Waals surface area contributed by atoms with Crippen LogP contribution in [0.4, 0.5) is 5.69 Å². The van der Waals surface area contributed by atoms with Crippen LogP contribution in [0.25, 0.3) is 0 Å². The van der Waals surface area contributed by atoms with Gasteiger partial charge in [0.2, 0.25) is 11.8 Å². The van der Waals surface area contributed by atoms with E-state index in [0.29, 0.717) is 23.1 Å². The lowest BCUT2D eigenvalue weighted by Crippen LogP contribution is -2.32. The molecule has 4 atom stereocenters. The average molecular weight is 313 g/mol. The summed E-state index contributed by atoms with van der Waals surface area (Å²) in [6, 6.07) is 6.61. The lowest BCUT2D eigenvalue weighted by molar-refractivity contribution is -0.123. The third kappa shape index (κ3) is 2.02. The zero-order valence-electron chi connectivity index (χ0n) is 13.0. The van der Waals surface area contributed by atoms with Crippen molar-refractivity contribution < 1.29 is 19.1 Å². The number of ether oxygens (including phenoxy) is 1. The van der Waals surface area contributed by atoms with E-state index in [4.69, 9.17) is 4.74 Å². The molecule has 2 saturated carbocycles. The Morgan fingerprint density at radius 3 is 2.43 bits per heavy atom. The van der Waals surface area contributed by atoms with Gasteiger partial charge in [0, 0.05) is 0 Å². The van der Waals surface area contributed by atoms with Gasteiger partial charge in [-0.15, -0.1) is 0 Å². The fraction of sp³-hybridized carbons (Fsp3) is 0.500. The predicted octanol–water partition coefficient (Wildman–Crippen LogP) is 2.40. The fourth-order valence-corrected chi connectivity index (χ4v) is 4.65. The molecule has 3 fully saturated rings. The van der Waals surface area contributed by atoms with Crippen molar-refractivity contribution in [1.29, 1.82) is 0 Å². The van der Waals surface area contributed by atoms with Gasteiger partial charge in [0.15, 0.2) is 0 Å². The topological polar surface area (TPSA) is 63.7 Å². The Kier molecular flexibility index (Phi) is 3.25. The molecule has 2 aliphatic carbocycles. The maximum atomic E-state index is 12.8. The highest BCUT2D eigenvalue weighted by atomic mass is 16.5. The molecule has 0 aromatic heterocycles. The average Bonchev–Trinajstić information content (AvgIpc) is 3.22. The number of hydrogen-bond donors (Lipinski definition) is 0. The molecule has 0 N–H and O–H groups in total. The second-order valence-electron chi connectivity index (χ2n) is 6.67. The van der Waals surface area contributed by atoms with Gasteiger partial charge in [-0.1, -0.05) is 6.07 Å². The molecule has 120 valence electrons. The number of imide groups is 1. The number of fused-ring (bicyclic) bond motifs is 5. The summed E-state index contributed by atoms with van der Waals surface area (Å²) in [6.07, 6.45) is 3.13. The number of anilines is 1. The van der Waals surface area contributed by atoms with E-state index >= 15 is 0 Å². The summed E-state index contributed by atoms with van der Waals surface area (Å²) in [5.41, 5.74) is 0.851. The summed E-state index contributed by atoms with van der Waals surface area (Å²) in [6.45, 7) is 2.03. The number of carbonyl (C=O) groups is 3. The number of carbonyl (C=O) groups excluding carboxylic acids is 3. The third-order valence-electron chi connectivity index (χ3n) is 5.54. The molecule has 1 saturated heterocycles. The van der Waals surface area contributed by atoms with Crippen molar-refractivity contribution in [2.45, 2.75) is 26.2 Å². The summed E-state index contributed by atoms with van der Waals surface area (Å²) >= 11 is 0. The van der Waals surface area contributed by atoms with E-state index in [1.54, 1.807) is 31.2 Å². The highest BCUT2D eigenvalue weighted by Gasteiger charge is 2.61. The van der Waals surface area contributed by atoms with Crippen LogP contribution in [0.3, 0.4) is 0 Å². The van der Waals surface area contributed by atoms with Crippen molar-refractivity contribution in [3.63, 3.8) is 0 Å². The first-order chi connectivity index (χ1) is 11.1. The minimum atomic E-state index is -0.436. The van der Waals surface area contributed by atoms with Crippen LogP contribution in [0.15, 0.2) is 24.3 Å². The van der Waals surface area contributed by atoms with Crippen molar-refractivity contribution in [2.24, 2.45) is 23.7 Å². The Labute approximate surface area is 134 Å². The molecular weight excluding hydrogens is 294 g/mol. The van der Waals surface area contributed by atoms with Crippen LogP contribution in [-0.2, 0) is 14.3 Å². The second kappa shape index (κ2) is 5.18. The smallest absolute Gasteiger partial charge is 0.338 e. The van der Waals surface area contributed by atoms with Gasteiger partial charge in [-0.3, -0.25) is 14.5 Å². The lowest BCUT2D eigenvalue weighted by Gasteiger charge is -2.19. The van der Waals surface area contributed by atoms with Crippen molar-refractivity contribution >= 4 is 23.5 Å². The predicted molar refractivity (Wildman–Crippen MR) is 82.7 cm³/mol. The van der Waals surface area contributed by atoms with Crippen molar-refractivity contribution in [3.8, 4) is 0 Å². The van der Waals surface area contributed by atoms with Crippen LogP contribution in [0.2, 0.25) is 0 Å². The fourth-order valence-electron chi connectivity index (χ4n) is 4.65. The van der Waals surface area contributed by atoms with Crippen LogP contribution in [0, 0.1) is 23.7 Å². The first-order valence-electron chi connectivity index (χ1n) is 8.26. The molecule has 4 rings (SSSR count). The molecule has 1 aliphatic heterocycles. The van der Waals surface area contributed by atoms with Crippen LogP contribution < -0.4 is 4.90 Å². The van der Waals surface area contributed by atoms with E-state index in [2.05, 4.69) is 0 Å². The van der Waals surface area contributed by atoms with E-state index in [9.17, 15) is 14.4 Å². The normalized spacial score (nSPS) is 31.6. The number of esters is 1. The van der Waals surface area contributed by atoms with Gasteiger partial charge in [-0.05, 0) is 56.2 Å². The van der Waals surface area contributed by atoms with E-state index < -0.39 is 5.97 Å². The minimum Gasteiger partial charge on any atom is -0.462 e. The maximum absolute atomic E-state index is 12.8. The van der Waals surface area contributed by atoms with Crippen LogP contribution in [0.5, 0.6) is 0 Å². The first-order valence-corrected chi connectivity index (χ1v) is 8.26. The van der Waals surface area contributed by atoms with E-state index in [0.717, 1.165) is 19.3 Å². The van der Waals surface area contributed by atoms with Gasteiger partial charge in [-0.25, -0.2) is 4.79 Å². The van der Waals surface area contributed by atoms with Crippen molar-refractivity contribution in [2.75, 3.05) is 11.5 Å². The summed E-state index contributed by atoms with van der Waals surface area (Å²) in [4.78, 5) is 38.7.